The van der Waals surface area contributed by atoms with E-state index in [2.05, 4.69) is 142 Å². The molecule has 2 N–H and O–H groups in total. The monoisotopic (exact) mass is 600 g/mol. The van der Waals surface area contributed by atoms with Crippen LogP contribution in [0.3, 0.4) is 0 Å². The highest BCUT2D eigenvalue weighted by atomic mass is 16.5. The van der Waals surface area contributed by atoms with Crippen LogP contribution in [0.25, 0.3) is 0 Å². The highest BCUT2D eigenvalue weighted by Gasteiger charge is 2.51. The quantitative estimate of drug-likeness (QED) is 0.216. The molecule has 0 aromatic carbocycles. The van der Waals surface area contributed by atoms with E-state index in [1.807, 2.05) is 0 Å². The summed E-state index contributed by atoms with van der Waals surface area (Å²) in [6.07, 6.45) is 27.7. The molecule has 2 aliphatic heterocycles. The van der Waals surface area contributed by atoms with Crippen LogP contribution in [0.4, 0.5) is 0 Å². The topological polar surface area (TPSA) is 58.9 Å². The van der Waals surface area contributed by atoms with Gasteiger partial charge in [-0.2, -0.15) is 0 Å². The molecular weight excluding hydrogens is 544 g/mol. The van der Waals surface area contributed by atoms with Crippen LogP contribution in [0, 0.1) is 10.8 Å². The van der Waals surface area contributed by atoms with Crippen molar-refractivity contribution in [2.75, 3.05) is 0 Å². The van der Waals surface area contributed by atoms with Crippen molar-refractivity contribution < 1.29 is 19.7 Å². The van der Waals surface area contributed by atoms with E-state index in [4.69, 9.17) is 9.47 Å². The molecular formula is C40H56O4. The van der Waals surface area contributed by atoms with Crippen LogP contribution in [0.2, 0.25) is 0 Å². The molecule has 2 aliphatic carbocycles. The average molecular weight is 601 g/mol. The zero-order valence-electron chi connectivity index (χ0n) is 28.8. The third kappa shape index (κ3) is 7.83. The van der Waals surface area contributed by atoms with E-state index in [9.17, 15) is 10.2 Å². The van der Waals surface area contributed by atoms with E-state index in [1.165, 1.54) is 22.3 Å². The Labute approximate surface area is 267 Å². The number of aliphatic hydroxyl groups is 2. The molecule has 0 radical (unpaired) electrons. The lowest BCUT2D eigenvalue weighted by Gasteiger charge is -2.44. The number of allylic oxidation sites excluding steroid dienone is 12. The van der Waals surface area contributed by atoms with Gasteiger partial charge in [0.05, 0.1) is 35.6 Å². The van der Waals surface area contributed by atoms with Crippen molar-refractivity contribution in [3.63, 3.8) is 0 Å². The Hall–Kier alpha value is -2.50. The first kappa shape index (κ1) is 34.4. The largest absolute Gasteiger partial charge is 0.393 e. The second-order valence-corrected chi connectivity index (χ2v) is 15.3. The molecule has 4 heteroatoms. The molecule has 4 aliphatic rings. The summed E-state index contributed by atoms with van der Waals surface area (Å²) in [4.78, 5) is 0. The molecule has 0 aromatic heterocycles. The van der Waals surface area contributed by atoms with Crippen LogP contribution in [0.1, 0.15) is 94.9 Å². The van der Waals surface area contributed by atoms with E-state index < -0.39 is 0 Å². The Balaban J connectivity index is 1.29. The van der Waals surface area contributed by atoms with Crippen molar-refractivity contribution >= 4 is 0 Å². The van der Waals surface area contributed by atoms with Gasteiger partial charge in [-0.3, -0.25) is 0 Å². The van der Waals surface area contributed by atoms with E-state index in [-0.39, 0.29) is 46.4 Å². The fraction of sp³-hybridized carbons (Fsp3) is 0.550. The maximum Gasteiger partial charge on any atom is 0.0982 e. The van der Waals surface area contributed by atoms with Gasteiger partial charge in [-0.05, 0) is 99.7 Å². The SMILES string of the molecule is CC(/C=C/C=C(\C)C1C=C2C(C)(C)CC(O)CC2(C)O1)=C\C=C\C=C(C)\C=C\C=C(/C)C1C=C2C(C)(C)CC(O)CC2(C)O1. The standard InChI is InChI=1S/C40H56O4/c1-27(17-13-19-29(3)33-21-35-37(5,6)23-31(41)25-39(35,9)43-33)15-11-12-16-28(2)18-14-20-30(4)34-22-36-38(7,8)24-32(42)26-40(36,10)44-34/h11-22,31-34,41-42H,23-26H2,1-10H3/b12-11+,17-13+,18-14+,27-15+,28-16+,29-19+,30-20+. The third-order valence-corrected chi connectivity index (χ3v) is 9.91. The molecule has 0 aromatic rings. The molecule has 4 nitrogen and oxygen atoms in total. The third-order valence-electron chi connectivity index (χ3n) is 9.91. The predicted molar refractivity (Wildman–Crippen MR) is 183 cm³/mol. The van der Waals surface area contributed by atoms with E-state index in [0.717, 1.165) is 24.0 Å². The molecule has 0 saturated heterocycles. The average Bonchev–Trinajstić information content (AvgIpc) is 3.43. The number of aliphatic hydroxyl groups excluding tert-OH is 2. The lowest BCUT2D eigenvalue weighted by molar-refractivity contribution is -0.0688. The summed E-state index contributed by atoms with van der Waals surface area (Å²) in [7, 11) is 0. The Kier molecular flexibility index (Phi) is 10.2. The molecule has 0 bridgehead atoms. The minimum absolute atomic E-state index is 0.0509. The minimum atomic E-state index is -0.386. The van der Waals surface area contributed by atoms with Gasteiger partial charge in [0.25, 0.3) is 0 Å². The number of rotatable bonds is 8. The Morgan fingerprint density at radius 2 is 0.955 bits per heavy atom. The normalized spacial score (nSPS) is 36.3. The van der Waals surface area contributed by atoms with Crippen LogP contribution in [0.5, 0.6) is 0 Å². The molecule has 2 fully saturated rings. The summed E-state index contributed by atoms with van der Waals surface area (Å²) in [6, 6.07) is 0. The summed E-state index contributed by atoms with van der Waals surface area (Å²) < 4.78 is 12.9. The summed E-state index contributed by atoms with van der Waals surface area (Å²) in [5, 5.41) is 20.8. The smallest absolute Gasteiger partial charge is 0.0982 e. The lowest BCUT2D eigenvalue weighted by atomic mass is 9.65. The zero-order valence-corrected chi connectivity index (χ0v) is 28.8. The van der Waals surface area contributed by atoms with Crippen molar-refractivity contribution in [1.82, 2.24) is 0 Å². The van der Waals surface area contributed by atoms with Gasteiger partial charge in [0.1, 0.15) is 0 Å². The van der Waals surface area contributed by atoms with Gasteiger partial charge in [0.15, 0.2) is 0 Å². The van der Waals surface area contributed by atoms with Gasteiger partial charge in [0.2, 0.25) is 0 Å². The van der Waals surface area contributed by atoms with Crippen LogP contribution >= 0.6 is 0 Å². The van der Waals surface area contributed by atoms with Crippen molar-refractivity contribution in [1.29, 1.82) is 0 Å². The van der Waals surface area contributed by atoms with Crippen LogP contribution in [-0.2, 0) is 9.47 Å². The van der Waals surface area contributed by atoms with Gasteiger partial charge >= 0.3 is 0 Å². The maximum absolute atomic E-state index is 10.4. The minimum Gasteiger partial charge on any atom is -0.393 e. The fourth-order valence-electron chi connectivity index (χ4n) is 7.92. The number of hydrogen-bond donors (Lipinski definition) is 2. The zero-order chi connectivity index (χ0) is 32.5. The van der Waals surface area contributed by atoms with E-state index in [1.54, 1.807) is 0 Å². The van der Waals surface area contributed by atoms with Crippen LogP contribution in [-0.4, -0.2) is 45.8 Å². The van der Waals surface area contributed by atoms with Gasteiger partial charge < -0.3 is 19.7 Å². The first-order chi connectivity index (χ1) is 20.4. The molecule has 6 atom stereocenters. The first-order valence-electron chi connectivity index (χ1n) is 16.3. The summed E-state index contributed by atoms with van der Waals surface area (Å²) in [5.41, 5.74) is 6.43. The highest BCUT2D eigenvalue weighted by Crippen LogP contribution is 2.53. The van der Waals surface area contributed by atoms with E-state index >= 15 is 0 Å². The Morgan fingerprint density at radius 1 is 0.591 bits per heavy atom. The fourth-order valence-corrected chi connectivity index (χ4v) is 7.92. The van der Waals surface area contributed by atoms with E-state index in [0.29, 0.717) is 12.8 Å². The summed E-state index contributed by atoms with van der Waals surface area (Å²) in [5.74, 6) is 0. The van der Waals surface area contributed by atoms with Crippen molar-refractivity contribution in [2.45, 2.75) is 131 Å². The highest BCUT2D eigenvalue weighted by molar-refractivity contribution is 5.39. The molecule has 2 heterocycles. The Bertz CT molecular complexity index is 1270. The lowest BCUT2D eigenvalue weighted by Crippen LogP contribution is -2.45. The van der Waals surface area contributed by atoms with Gasteiger partial charge in [-0.25, -0.2) is 0 Å². The molecule has 240 valence electrons. The van der Waals surface area contributed by atoms with Crippen molar-refractivity contribution in [3.8, 4) is 0 Å². The molecule has 2 saturated carbocycles. The van der Waals surface area contributed by atoms with Crippen LogP contribution in [0.15, 0.2) is 106 Å². The maximum atomic E-state index is 10.4. The van der Waals surface area contributed by atoms with Crippen molar-refractivity contribution in [3.05, 3.63) is 106 Å². The Morgan fingerprint density at radius 3 is 1.32 bits per heavy atom. The summed E-state index contributed by atoms with van der Waals surface area (Å²) >= 11 is 0. The molecule has 6 unspecified atom stereocenters. The number of hydrogen-bond acceptors (Lipinski definition) is 4. The molecule has 4 rings (SSSR count). The molecule has 0 amide bonds. The van der Waals surface area contributed by atoms with Gasteiger partial charge in [-0.1, -0.05) is 99.6 Å². The van der Waals surface area contributed by atoms with Crippen molar-refractivity contribution in [2.24, 2.45) is 10.8 Å². The van der Waals surface area contributed by atoms with Crippen LogP contribution < -0.4 is 0 Å². The number of fused-ring (bicyclic) bond motifs is 2. The first-order valence-corrected chi connectivity index (χ1v) is 16.3. The number of ether oxygens (including phenoxy) is 2. The molecule has 44 heavy (non-hydrogen) atoms. The van der Waals surface area contributed by atoms with Gasteiger partial charge in [0, 0.05) is 12.8 Å². The summed E-state index contributed by atoms with van der Waals surface area (Å²) in [6.45, 7) is 21.5. The second-order valence-electron chi connectivity index (χ2n) is 15.3. The van der Waals surface area contributed by atoms with Gasteiger partial charge in [-0.15, -0.1) is 0 Å². The second kappa shape index (κ2) is 13.1. The predicted octanol–water partition coefficient (Wildman–Crippen LogP) is 8.97. The molecule has 0 spiro atoms.